The summed E-state index contributed by atoms with van der Waals surface area (Å²) in [6.45, 7) is 0. The van der Waals surface area contributed by atoms with Crippen molar-refractivity contribution in [2.75, 3.05) is 17.3 Å². The van der Waals surface area contributed by atoms with Crippen LogP contribution in [0.15, 0.2) is 64.6 Å². The smallest absolute Gasteiger partial charge is 0.234 e. The van der Waals surface area contributed by atoms with E-state index >= 15 is 0 Å². The number of nitrogens with zero attached hydrogens (tertiary/aromatic N) is 4. The number of benzene rings is 2. The number of thioether (sulfide) groups is 2. The highest BCUT2D eigenvalue weighted by Crippen LogP contribution is 2.21. The van der Waals surface area contributed by atoms with E-state index in [1.165, 1.54) is 11.8 Å². The number of carbonyl (C=O) groups excluding carboxylic acids is 1. The number of anilines is 1. The van der Waals surface area contributed by atoms with E-state index in [1.54, 1.807) is 16.4 Å². The molecule has 0 aliphatic heterocycles. The Kier molecular flexibility index (Phi) is 5.50. The fourth-order valence-electron chi connectivity index (χ4n) is 2.03. The van der Waals surface area contributed by atoms with Gasteiger partial charge in [0.15, 0.2) is 0 Å². The maximum atomic E-state index is 12.1. The molecular formula is C16H15N5OS2. The highest BCUT2D eigenvalue weighted by molar-refractivity contribution is 7.99. The number of aromatic nitrogens is 4. The molecule has 0 fully saturated rings. The lowest BCUT2D eigenvalue weighted by Crippen LogP contribution is -2.14. The number of para-hydroxylation sites is 1. The first-order chi connectivity index (χ1) is 11.8. The van der Waals surface area contributed by atoms with Crippen LogP contribution in [0.4, 0.5) is 5.69 Å². The van der Waals surface area contributed by atoms with E-state index in [4.69, 9.17) is 0 Å². The Labute approximate surface area is 148 Å². The number of carbonyl (C=O) groups is 1. The summed E-state index contributed by atoms with van der Waals surface area (Å²) in [4.78, 5) is 13.2. The molecule has 8 heteroatoms. The molecule has 1 aromatic heterocycles. The van der Waals surface area contributed by atoms with Gasteiger partial charge in [-0.2, -0.15) is 4.68 Å². The van der Waals surface area contributed by atoms with E-state index in [0.29, 0.717) is 5.16 Å². The third kappa shape index (κ3) is 4.15. The molecule has 0 saturated heterocycles. The molecule has 122 valence electrons. The van der Waals surface area contributed by atoms with Gasteiger partial charge in [-0.05, 0) is 47.0 Å². The van der Waals surface area contributed by atoms with Crippen molar-refractivity contribution in [3.05, 3.63) is 54.6 Å². The monoisotopic (exact) mass is 357 g/mol. The SMILES string of the molecule is CSc1cccc(NC(=O)CSc2nnnn2-c2ccccc2)c1. The second-order valence-electron chi connectivity index (χ2n) is 4.78. The van der Waals surface area contributed by atoms with Gasteiger partial charge >= 0.3 is 0 Å². The summed E-state index contributed by atoms with van der Waals surface area (Å²) in [5, 5.41) is 15.1. The normalized spacial score (nSPS) is 10.5. The zero-order valence-corrected chi connectivity index (χ0v) is 14.5. The lowest BCUT2D eigenvalue weighted by molar-refractivity contribution is -0.113. The first kappa shape index (κ1) is 16.5. The average Bonchev–Trinajstić information content (AvgIpc) is 3.09. The molecule has 0 saturated carbocycles. The van der Waals surface area contributed by atoms with Gasteiger partial charge in [-0.25, -0.2) is 0 Å². The quantitative estimate of drug-likeness (QED) is 0.684. The minimum atomic E-state index is -0.0964. The lowest BCUT2D eigenvalue weighted by atomic mass is 10.3. The third-order valence-electron chi connectivity index (χ3n) is 3.13. The van der Waals surface area contributed by atoms with Gasteiger partial charge in [0, 0.05) is 10.6 Å². The van der Waals surface area contributed by atoms with Crippen LogP contribution in [0.25, 0.3) is 5.69 Å². The Morgan fingerprint density at radius 1 is 1.17 bits per heavy atom. The van der Waals surface area contributed by atoms with Crippen LogP contribution in [-0.2, 0) is 4.79 Å². The van der Waals surface area contributed by atoms with E-state index < -0.39 is 0 Å². The third-order valence-corrected chi connectivity index (χ3v) is 4.77. The molecule has 0 spiro atoms. The van der Waals surface area contributed by atoms with Gasteiger partial charge < -0.3 is 5.32 Å². The van der Waals surface area contributed by atoms with E-state index in [9.17, 15) is 4.79 Å². The highest BCUT2D eigenvalue weighted by Gasteiger charge is 2.11. The molecule has 0 unspecified atom stereocenters. The van der Waals surface area contributed by atoms with Crippen molar-refractivity contribution >= 4 is 35.1 Å². The van der Waals surface area contributed by atoms with Crippen LogP contribution in [0.1, 0.15) is 0 Å². The minimum Gasteiger partial charge on any atom is -0.325 e. The molecule has 0 radical (unpaired) electrons. The molecule has 2 aromatic carbocycles. The zero-order chi connectivity index (χ0) is 16.8. The number of tetrazole rings is 1. The Balaban J connectivity index is 1.62. The van der Waals surface area contributed by atoms with E-state index in [1.807, 2.05) is 60.9 Å². The first-order valence-electron chi connectivity index (χ1n) is 7.17. The number of amides is 1. The van der Waals surface area contributed by atoms with E-state index in [2.05, 4.69) is 20.8 Å². The van der Waals surface area contributed by atoms with E-state index in [-0.39, 0.29) is 11.7 Å². The van der Waals surface area contributed by atoms with Crippen LogP contribution >= 0.6 is 23.5 Å². The van der Waals surface area contributed by atoms with Crippen LogP contribution in [0.3, 0.4) is 0 Å². The molecule has 1 N–H and O–H groups in total. The fraction of sp³-hybridized carbons (Fsp3) is 0.125. The molecule has 1 heterocycles. The van der Waals surface area contributed by atoms with Crippen LogP contribution in [0.2, 0.25) is 0 Å². The predicted octanol–water partition coefficient (Wildman–Crippen LogP) is 3.12. The van der Waals surface area contributed by atoms with Gasteiger partial charge in [0.25, 0.3) is 0 Å². The van der Waals surface area contributed by atoms with Gasteiger partial charge in [0.05, 0.1) is 11.4 Å². The molecule has 3 aromatic rings. The standard InChI is InChI=1S/C16H15N5OS2/c1-23-14-9-5-6-12(10-14)17-15(22)11-24-16-18-19-20-21(16)13-7-3-2-4-8-13/h2-10H,11H2,1H3,(H,17,22). The van der Waals surface area contributed by atoms with Crippen molar-refractivity contribution in [1.82, 2.24) is 20.2 Å². The highest BCUT2D eigenvalue weighted by atomic mass is 32.2. The van der Waals surface area contributed by atoms with Crippen LogP contribution < -0.4 is 5.32 Å². The van der Waals surface area contributed by atoms with Gasteiger partial charge in [-0.3, -0.25) is 4.79 Å². The van der Waals surface area contributed by atoms with Gasteiger partial charge in [0.2, 0.25) is 11.1 Å². The second-order valence-corrected chi connectivity index (χ2v) is 6.60. The molecule has 1 amide bonds. The lowest BCUT2D eigenvalue weighted by Gasteiger charge is -2.06. The maximum absolute atomic E-state index is 12.1. The van der Waals surface area contributed by atoms with Gasteiger partial charge in [-0.15, -0.1) is 16.9 Å². The topological polar surface area (TPSA) is 72.7 Å². The van der Waals surface area contributed by atoms with Crippen LogP contribution in [0, 0.1) is 0 Å². The Bertz CT molecular complexity index is 822. The molecule has 0 aliphatic rings. The summed E-state index contributed by atoms with van der Waals surface area (Å²) in [5.74, 6) is 0.136. The van der Waals surface area contributed by atoms with E-state index in [0.717, 1.165) is 16.3 Å². The van der Waals surface area contributed by atoms with Gasteiger partial charge in [-0.1, -0.05) is 36.0 Å². The summed E-state index contributed by atoms with van der Waals surface area (Å²) in [6.07, 6.45) is 2.00. The summed E-state index contributed by atoms with van der Waals surface area (Å²) in [6, 6.07) is 17.3. The van der Waals surface area contributed by atoms with Crippen molar-refractivity contribution < 1.29 is 4.79 Å². The molecule has 0 atom stereocenters. The van der Waals surface area contributed by atoms with Crippen molar-refractivity contribution in [2.24, 2.45) is 0 Å². The fourth-order valence-corrected chi connectivity index (χ4v) is 3.18. The van der Waals surface area contributed by atoms with Gasteiger partial charge in [0.1, 0.15) is 0 Å². The average molecular weight is 357 g/mol. The Hall–Kier alpha value is -2.32. The molecule has 3 rings (SSSR count). The zero-order valence-electron chi connectivity index (χ0n) is 12.9. The maximum Gasteiger partial charge on any atom is 0.234 e. The molecule has 0 aliphatic carbocycles. The Morgan fingerprint density at radius 2 is 2.00 bits per heavy atom. The Morgan fingerprint density at radius 3 is 2.79 bits per heavy atom. The number of hydrogen-bond acceptors (Lipinski definition) is 6. The van der Waals surface area contributed by atoms with Crippen molar-refractivity contribution in [3.8, 4) is 5.69 Å². The minimum absolute atomic E-state index is 0.0964. The largest absolute Gasteiger partial charge is 0.325 e. The number of nitrogens with one attached hydrogen (secondary N) is 1. The van der Waals surface area contributed by atoms with Crippen molar-refractivity contribution in [1.29, 1.82) is 0 Å². The van der Waals surface area contributed by atoms with Crippen molar-refractivity contribution in [2.45, 2.75) is 10.1 Å². The second kappa shape index (κ2) is 7.98. The summed E-state index contributed by atoms with van der Waals surface area (Å²) in [7, 11) is 0. The summed E-state index contributed by atoms with van der Waals surface area (Å²) >= 11 is 2.93. The van der Waals surface area contributed by atoms with Crippen LogP contribution in [-0.4, -0.2) is 38.1 Å². The summed E-state index contributed by atoms with van der Waals surface area (Å²) < 4.78 is 1.62. The van der Waals surface area contributed by atoms with Crippen LogP contribution in [0.5, 0.6) is 0 Å². The molecular weight excluding hydrogens is 342 g/mol. The predicted molar refractivity (Wildman–Crippen MR) is 96.7 cm³/mol. The number of rotatable bonds is 6. The number of hydrogen-bond donors (Lipinski definition) is 1. The molecule has 24 heavy (non-hydrogen) atoms. The summed E-state index contributed by atoms with van der Waals surface area (Å²) in [5.41, 5.74) is 1.65. The molecule has 6 nitrogen and oxygen atoms in total. The first-order valence-corrected chi connectivity index (χ1v) is 9.38. The van der Waals surface area contributed by atoms with Crippen molar-refractivity contribution in [3.63, 3.8) is 0 Å². The molecule has 0 bridgehead atoms.